The zero-order valence-electron chi connectivity index (χ0n) is 9.55. The van der Waals surface area contributed by atoms with Gasteiger partial charge in [0.2, 0.25) is 0 Å². The normalized spacial score (nSPS) is 26.0. The number of methoxy groups -OCH3 is 1. The number of nitriles is 1. The van der Waals surface area contributed by atoms with E-state index in [4.69, 9.17) is 14.7 Å². The van der Waals surface area contributed by atoms with E-state index in [1.165, 1.54) is 7.11 Å². The van der Waals surface area contributed by atoms with Gasteiger partial charge in [0.15, 0.2) is 12.2 Å². The van der Waals surface area contributed by atoms with Gasteiger partial charge in [0.25, 0.3) is 0 Å². The first-order valence-electron chi connectivity index (χ1n) is 5.39. The highest BCUT2D eigenvalue weighted by atomic mass is 16.6. The van der Waals surface area contributed by atoms with Crippen molar-refractivity contribution in [3.05, 3.63) is 35.9 Å². The van der Waals surface area contributed by atoms with Crippen LogP contribution in [0.15, 0.2) is 30.3 Å². The van der Waals surface area contributed by atoms with Crippen LogP contribution < -0.4 is 0 Å². The first-order valence-corrected chi connectivity index (χ1v) is 5.39. The van der Waals surface area contributed by atoms with Crippen molar-refractivity contribution >= 4 is 5.97 Å². The molecule has 0 saturated heterocycles. The SMILES string of the molecule is COC1(C(=O)OCC#N)CC1c1ccccc1. The van der Waals surface area contributed by atoms with Gasteiger partial charge in [-0.2, -0.15) is 5.26 Å². The number of ether oxygens (including phenoxy) is 2. The molecule has 2 atom stereocenters. The molecule has 2 rings (SSSR count). The maximum atomic E-state index is 11.8. The van der Waals surface area contributed by atoms with Crippen LogP contribution in [0.25, 0.3) is 0 Å². The first kappa shape index (κ1) is 11.6. The van der Waals surface area contributed by atoms with Crippen LogP contribution in [-0.4, -0.2) is 25.3 Å². The van der Waals surface area contributed by atoms with Crippen LogP contribution in [0.4, 0.5) is 0 Å². The minimum absolute atomic E-state index is 0.0277. The molecule has 0 radical (unpaired) electrons. The van der Waals surface area contributed by atoms with Crippen molar-refractivity contribution in [3.63, 3.8) is 0 Å². The Morgan fingerprint density at radius 1 is 1.53 bits per heavy atom. The Labute approximate surface area is 99.8 Å². The van der Waals surface area contributed by atoms with E-state index in [-0.39, 0.29) is 12.5 Å². The molecular formula is C13H13NO3. The van der Waals surface area contributed by atoms with E-state index in [0.717, 1.165) is 5.56 Å². The first-order chi connectivity index (χ1) is 8.24. The Morgan fingerprint density at radius 3 is 2.82 bits per heavy atom. The summed E-state index contributed by atoms with van der Waals surface area (Å²) in [5.41, 5.74) is 0.168. The summed E-state index contributed by atoms with van der Waals surface area (Å²) in [6, 6.07) is 11.5. The Kier molecular flexibility index (Phi) is 3.12. The molecule has 17 heavy (non-hydrogen) atoms. The van der Waals surface area contributed by atoms with Gasteiger partial charge in [0, 0.05) is 13.0 Å². The molecule has 0 heterocycles. The minimum atomic E-state index is -0.891. The Balaban J connectivity index is 2.11. The van der Waals surface area contributed by atoms with Crippen LogP contribution in [0.5, 0.6) is 0 Å². The third-order valence-corrected chi connectivity index (χ3v) is 3.09. The number of esters is 1. The number of hydrogen-bond donors (Lipinski definition) is 0. The lowest BCUT2D eigenvalue weighted by molar-refractivity contribution is -0.157. The summed E-state index contributed by atoms with van der Waals surface area (Å²) in [5.74, 6) is -0.421. The minimum Gasteiger partial charge on any atom is -0.448 e. The van der Waals surface area contributed by atoms with Crippen molar-refractivity contribution in [3.8, 4) is 6.07 Å². The van der Waals surface area contributed by atoms with Gasteiger partial charge in [-0.25, -0.2) is 4.79 Å². The largest absolute Gasteiger partial charge is 0.448 e. The van der Waals surface area contributed by atoms with Gasteiger partial charge in [0.05, 0.1) is 0 Å². The van der Waals surface area contributed by atoms with Crippen LogP contribution in [0, 0.1) is 11.3 Å². The zero-order valence-corrected chi connectivity index (χ0v) is 9.55. The number of benzene rings is 1. The van der Waals surface area contributed by atoms with Crippen molar-refractivity contribution in [2.24, 2.45) is 0 Å². The molecule has 4 heteroatoms. The molecule has 1 aliphatic rings. The maximum absolute atomic E-state index is 11.8. The molecule has 0 N–H and O–H groups in total. The number of rotatable bonds is 4. The van der Waals surface area contributed by atoms with Crippen molar-refractivity contribution < 1.29 is 14.3 Å². The predicted molar refractivity (Wildman–Crippen MR) is 60.1 cm³/mol. The van der Waals surface area contributed by atoms with Gasteiger partial charge in [-0.1, -0.05) is 30.3 Å². The van der Waals surface area contributed by atoms with E-state index >= 15 is 0 Å². The summed E-state index contributed by atoms with van der Waals surface area (Å²) in [6.45, 7) is -0.231. The van der Waals surface area contributed by atoms with Crippen molar-refractivity contribution in [1.82, 2.24) is 0 Å². The molecule has 1 saturated carbocycles. The summed E-state index contributed by atoms with van der Waals surface area (Å²) in [6.07, 6.45) is 0.609. The second-order valence-corrected chi connectivity index (χ2v) is 4.00. The molecule has 88 valence electrons. The average molecular weight is 231 g/mol. The lowest BCUT2D eigenvalue weighted by Crippen LogP contribution is -2.29. The third kappa shape index (κ3) is 2.02. The highest BCUT2D eigenvalue weighted by molar-refractivity contribution is 5.85. The van der Waals surface area contributed by atoms with Gasteiger partial charge >= 0.3 is 5.97 Å². The van der Waals surface area contributed by atoms with Gasteiger partial charge in [-0.15, -0.1) is 0 Å². The lowest BCUT2D eigenvalue weighted by Gasteiger charge is -2.13. The highest BCUT2D eigenvalue weighted by Crippen LogP contribution is 2.54. The van der Waals surface area contributed by atoms with Gasteiger partial charge in [-0.05, 0) is 12.0 Å². The van der Waals surface area contributed by atoms with Crippen molar-refractivity contribution in [2.75, 3.05) is 13.7 Å². The fraction of sp³-hybridized carbons (Fsp3) is 0.385. The Morgan fingerprint density at radius 2 is 2.24 bits per heavy atom. The molecule has 0 aromatic heterocycles. The number of carbonyl (C=O) groups is 1. The van der Waals surface area contributed by atoms with Crippen molar-refractivity contribution in [1.29, 1.82) is 5.26 Å². The molecule has 4 nitrogen and oxygen atoms in total. The molecule has 0 amide bonds. The molecule has 1 aromatic carbocycles. The average Bonchev–Trinajstić information content (AvgIpc) is 3.13. The predicted octanol–water partition coefficient (Wildman–Crippen LogP) is 1.63. The summed E-state index contributed by atoms with van der Waals surface area (Å²) < 4.78 is 10.1. The molecule has 0 aliphatic heterocycles. The highest BCUT2D eigenvalue weighted by Gasteiger charge is 2.62. The third-order valence-electron chi connectivity index (χ3n) is 3.09. The molecule has 0 spiro atoms. The molecule has 1 fully saturated rings. The monoisotopic (exact) mass is 231 g/mol. The topological polar surface area (TPSA) is 59.3 Å². The quantitative estimate of drug-likeness (QED) is 0.739. The van der Waals surface area contributed by atoms with Crippen LogP contribution in [0.3, 0.4) is 0 Å². The zero-order chi connectivity index (χ0) is 12.3. The van der Waals surface area contributed by atoms with Crippen LogP contribution in [0.1, 0.15) is 17.9 Å². The van der Waals surface area contributed by atoms with Crippen LogP contribution in [-0.2, 0) is 14.3 Å². The van der Waals surface area contributed by atoms with Gasteiger partial charge in [-0.3, -0.25) is 0 Å². The second-order valence-electron chi connectivity index (χ2n) is 4.00. The standard InChI is InChI=1S/C13H13NO3/c1-16-13(12(15)17-8-7-14)9-11(13)10-5-3-2-4-6-10/h2-6,11H,8-9H2,1H3. The van der Waals surface area contributed by atoms with Gasteiger partial charge in [0.1, 0.15) is 6.07 Å². The van der Waals surface area contributed by atoms with E-state index in [1.54, 1.807) is 6.07 Å². The molecular weight excluding hydrogens is 218 g/mol. The van der Waals surface area contributed by atoms with E-state index in [1.807, 2.05) is 30.3 Å². The van der Waals surface area contributed by atoms with Crippen molar-refractivity contribution in [2.45, 2.75) is 17.9 Å². The Hall–Kier alpha value is -1.86. The van der Waals surface area contributed by atoms with E-state index in [2.05, 4.69) is 0 Å². The summed E-state index contributed by atoms with van der Waals surface area (Å²) in [5, 5.41) is 8.39. The summed E-state index contributed by atoms with van der Waals surface area (Å²) in [4.78, 5) is 11.8. The second kappa shape index (κ2) is 4.56. The lowest BCUT2D eigenvalue weighted by atomic mass is 10.1. The van der Waals surface area contributed by atoms with Crippen LogP contribution in [0.2, 0.25) is 0 Å². The van der Waals surface area contributed by atoms with Crippen LogP contribution >= 0.6 is 0 Å². The number of hydrogen-bond acceptors (Lipinski definition) is 4. The number of carbonyl (C=O) groups excluding carboxylic acids is 1. The van der Waals surface area contributed by atoms with Gasteiger partial charge < -0.3 is 9.47 Å². The Bertz CT molecular complexity index is 451. The smallest absolute Gasteiger partial charge is 0.340 e. The summed E-state index contributed by atoms with van der Waals surface area (Å²) >= 11 is 0. The fourth-order valence-electron chi connectivity index (χ4n) is 2.07. The maximum Gasteiger partial charge on any atom is 0.340 e. The molecule has 1 aromatic rings. The summed E-state index contributed by atoms with van der Waals surface area (Å²) in [7, 11) is 1.50. The number of nitrogens with zero attached hydrogens (tertiary/aromatic N) is 1. The molecule has 1 aliphatic carbocycles. The molecule has 2 unspecified atom stereocenters. The van der Waals surface area contributed by atoms with E-state index in [9.17, 15) is 4.79 Å². The molecule has 0 bridgehead atoms. The van der Waals surface area contributed by atoms with E-state index < -0.39 is 11.6 Å². The van der Waals surface area contributed by atoms with E-state index in [0.29, 0.717) is 6.42 Å². The fourth-order valence-corrected chi connectivity index (χ4v) is 2.07.